The molecule has 1 amide bonds. The number of nitrogens with zero attached hydrogens (tertiary/aromatic N) is 3. The van der Waals surface area contributed by atoms with Crippen LogP contribution in [0.4, 0.5) is 9.52 Å². The van der Waals surface area contributed by atoms with E-state index < -0.39 is 0 Å². The predicted octanol–water partition coefficient (Wildman–Crippen LogP) is 3.45. The van der Waals surface area contributed by atoms with Crippen molar-refractivity contribution < 1.29 is 9.18 Å². The summed E-state index contributed by atoms with van der Waals surface area (Å²) in [6.45, 7) is 4.96. The first-order valence-corrected chi connectivity index (χ1v) is 10.9. The van der Waals surface area contributed by atoms with Gasteiger partial charge in [-0.05, 0) is 29.7 Å². The van der Waals surface area contributed by atoms with Gasteiger partial charge >= 0.3 is 0 Å². The molecule has 1 aliphatic rings. The second-order valence-corrected chi connectivity index (χ2v) is 8.54. The van der Waals surface area contributed by atoms with Gasteiger partial charge in [0.25, 0.3) is 0 Å². The number of nitrogens with one attached hydrogen (secondary N) is 1. The van der Waals surface area contributed by atoms with Crippen molar-refractivity contribution >= 4 is 50.0 Å². The number of hydrogen-bond acceptors (Lipinski definition) is 6. The van der Waals surface area contributed by atoms with E-state index >= 15 is 0 Å². The maximum Gasteiger partial charge on any atom is 0.244 e. The van der Waals surface area contributed by atoms with E-state index in [1.165, 1.54) is 17.4 Å². The van der Waals surface area contributed by atoms with Crippen molar-refractivity contribution in [3.05, 3.63) is 52.5 Å². The van der Waals surface area contributed by atoms with Gasteiger partial charge in [-0.25, -0.2) is 9.37 Å². The number of carbonyl (C=O) groups is 1. The summed E-state index contributed by atoms with van der Waals surface area (Å²) in [7, 11) is 0. The first kappa shape index (κ1) is 19.0. The summed E-state index contributed by atoms with van der Waals surface area (Å²) in [6, 6.07) is 9.03. The molecule has 0 aliphatic carbocycles. The highest BCUT2D eigenvalue weighted by Gasteiger charge is 2.20. The molecule has 1 saturated heterocycles. The third-order valence-corrected chi connectivity index (χ3v) is 6.59. The van der Waals surface area contributed by atoms with Gasteiger partial charge in [-0.1, -0.05) is 23.5 Å². The molecule has 8 heteroatoms. The van der Waals surface area contributed by atoms with Crippen LogP contribution in [0.5, 0.6) is 0 Å². The monoisotopic (exact) mass is 416 g/mol. The quantitative estimate of drug-likeness (QED) is 0.626. The van der Waals surface area contributed by atoms with Gasteiger partial charge in [-0.2, -0.15) is 0 Å². The van der Waals surface area contributed by atoms with Crippen LogP contribution in [0, 0.1) is 5.82 Å². The lowest BCUT2D eigenvalue weighted by atomic mass is 10.3. The Balaban J connectivity index is 1.22. The summed E-state index contributed by atoms with van der Waals surface area (Å²) in [6.07, 6.45) is 3.41. The Labute approximate surface area is 171 Å². The van der Waals surface area contributed by atoms with Crippen LogP contribution in [-0.4, -0.2) is 55.1 Å². The van der Waals surface area contributed by atoms with E-state index in [-0.39, 0.29) is 11.7 Å². The number of aromatic nitrogens is 1. The fraction of sp³-hybridized carbons (Fsp3) is 0.300. The smallest absolute Gasteiger partial charge is 0.244 e. The van der Waals surface area contributed by atoms with Gasteiger partial charge in [0.2, 0.25) is 5.91 Å². The minimum absolute atomic E-state index is 0.0662. The Morgan fingerprint density at radius 1 is 1.21 bits per heavy atom. The second-order valence-electron chi connectivity index (χ2n) is 6.55. The van der Waals surface area contributed by atoms with Crippen molar-refractivity contribution in [3.8, 4) is 0 Å². The number of anilines is 1. The minimum atomic E-state index is -0.262. The van der Waals surface area contributed by atoms with Gasteiger partial charge in [0, 0.05) is 50.2 Å². The number of thiazole rings is 1. The third-order valence-electron chi connectivity index (χ3n) is 4.67. The van der Waals surface area contributed by atoms with Crippen LogP contribution in [0.25, 0.3) is 16.3 Å². The molecule has 3 aromatic rings. The third kappa shape index (κ3) is 4.57. The summed E-state index contributed by atoms with van der Waals surface area (Å²) in [4.78, 5) is 22.0. The van der Waals surface area contributed by atoms with Gasteiger partial charge in [0.05, 0.1) is 4.70 Å². The van der Waals surface area contributed by atoms with E-state index in [2.05, 4.69) is 20.1 Å². The van der Waals surface area contributed by atoms with Gasteiger partial charge in [0.1, 0.15) is 11.3 Å². The molecule has 1 fully saturated rings. The van der Waals surface area contributed by atoms with Crippen LogP contribution in [0.3, 0.4) is 0 Å². The molecule has 3 heterocycles. The number of rotatable bonds is 6. The highest BCUT2D eigenvalue weighted by molar-refractivity contribution is 7.22. The van der Waals surface area contributed by atoms with Crippen LogP contribution in [0.15, 0.2) is 41.8 Å². The number of amides is 1. The zero-order chi connectivity index (χ0) is 19.3. The van der Waals surface area contributed by atoms with Crippen molar-refractivity contribution in [2.75, 3.05) is 44.2 Å². The van der Waals surface area contributed by atoms with Gasteiger partial charge < -0.3 is 10.2 Å². The summed E-state index contributed by atoms with van der Waals surface area (Å²) >= 11 is 3.14. The van der Waals surface area contributed by atoms with Crippen molar-refractivity contribution in [1.29, 1.82) is 0 Å². The van der Waals surface area contributed by atoms with E-state index in [0.29, 0.717) is 12.1 Å². The van der Waals surface area contributed by atoms with Crippen LogP contribution in [0.2, 0.25) is 0 Å². The lowest BCUT2D eigenvalue weighted by Gasteiger charge is -2.34. The molecule has 2 aromatic heterocycles. The summed E-state index contributed by atoms with van der Waals surface area (Å²) in [5, 5.41) is 5.80. The Kier molecular flexibility index (Phi) is 5.99. The van der Waals surface area contributed by atoms with Crippen molar-refractivity contribution in [1.82, 2.24) is 15.2 Å². The van der Waals surface area contributed by atoms with E-state index in [9.17, 15) is 9.18 Å². The summed E-state index contributed by atoms with van der Waals surface area (Å²) < 4.78 is 14.7. The van der Waals surface area contributed by atoms with Crippen LogP contribution >= 0.6 is 22.7 Å². The molecule has 146 valence electrons. The summed E-state index contributed by atoms with van der Waals surface area (Å²) in [5.41, 5.74) is 0.461. The second kappa shape index (κ2) is 8.81. The number of piperazine rings is 1. The van der Waals surface area contributed by atoms with Crippen molar-refractivity contribution in [3.63, 3.8) is 0 Å². The number of hydrogen-bond donors (Lipinski definition) is 1. The normalized spacial score (nSPS) is 15.5. The molecule has 0 saturated carbocycles. The molecular weight excluding hydrogens is 395 g/mol. The van der Waals surface area contributed by atoms with E-state index in [1.807, 2.05) is 29.7 Å². The topological polar surface area (TPSA) is 48.5 Å². The molecule has 0 unspecified atom stereocenters. The average molecular weight is 417 g/mol. The number of carbonyl (C=O) groups excluding carboxylic acids is 1. The van der Waals surface area contributed by atoms with E-state index in [0.717, 1.165) is 47.4 Å². The SMILES string of the molecule is O=C(/C=C/c1cccs1)NCCN1CCN(c2nc3c(F)cccc3s2)CC1. The molecule has 0 radical (unpaired) electrons. The Bertz CT molecular complexity index is 962. The molecule has 4 rings (SSSR count). The molecule has 0 atom stereocenters. The largest absolute Gasteiger partial charge is 0.351 e. The van der Waals surface area contributed by atoms with Crippen molar-refractivity contribution in [2.24, 2.45) is 0 Å². The number of fused-ring (bicyclic) bond motifs is 1. The lowest BCUT2D eigenvalue weighted by Crippen LogP contribution is -2.48. The standard InChI is InChI=1S/C20H21FN4OS2/c21-16-4-1-5-17-19(16)23-20(28-17)25-12-10-24(11-13-25)9-8-22-18(26)7-6-15-3-2-14-27-15/h1-7,14H,8-13H2,(H,22,26)/b7-6+. The molecule has 1 N–H and O–H groups in total. The molecular formula is C20H21FN4OS2. The van der Waals surface area contributed by atoms with Crippen LogP contribution < -0.4 is 10.2 Å². The predicted molar refractivity (Wildman–Crippen MR) is 115 cm³/mol. The highest BCUT2D eigenvalue weighted by atomic mass is 32.1. The van der Waals surface area contributed by atoms with E-state index in [4.69, 9.17) is 0 Å². The first-order chi connectivity index (χ1) is 13.7. The zero-order valence-electron chi connectivity index (χ0n) is 15.3. The molecule has 28 heavy (non-hydrogen) atoms. The average Bonchev–Trinajstić information content (AvgIpc) is 3.37. The fourth-order valence-electron chi connectivity index (χ4n) is 3.14. The number of para-hydroxylation sites is 1. The molecule has 5 nitrogen and oxygen atoms in total. The number of halogens is 1. The maximum absolute atomic E-state index is 13.8. The number of benzene rings is 1. The molecule has 0 spiro atoms. The Hall–Kier alpha value is -2.29. The lowest BCUT2D eigenvalue weighted by molar-refractivity contribution is -0.116. The first-order valence-electron chi connectivity index (χ1n) is 9.21. The zero-order valence-corrected chi connectivity index (χ0v) is 16.9. The Morgan fingerprint density at radius 3 is 2.82 bits per heavy atom. The van der Waals surface area contributed by atoms with Crippen LogP contribution in [-0.2, 0) is 4.79 Å². The number of thiophene rings is 1. The van der Waals surface area contributed by atoms with Gasteiger partial charge in [0.15, 0.2) is 5.13 Å². The molecule has 1 aliphatic heterocycles. The van der Waals surface area contributed by atoms with Gasteiger partial charge in [-0.3, -0.25) is 9.69 Å². The molecule has 1 aromatic carbocycles. The van der Waals surface area contributed by atoms with Crippen molar-refractivity contribution in [2.45, 2.75) is 0 Å². The maximum atomic E-state index is 13.8. The van der Waals surface area contributed by atoms with Crippen LogP contribution in [0.1, 0.15) is 4.88 Å². The van der Waals surface area contributed by atoms with Gasteiger partial charge in [-0.15, -0.1) is 11.3 Å². The van der Waals surface area contributed by atoms with E-state index in [1.54, 1.807) is 23.5 Å². The Morgan fingerprint density at radius 2 is 2.07 bits per heavy atom. The fourth-order valence-corrected chi connectivity index (χ4v) is 4.79. The summed E-state index contributed by atoms with van der Waals surface area (Å²) in [5.74, 6) is -0.328. The highest BCUT2D eigenvalue weighted by Crippen LogP contribution is 2.30. The minimum Gasteiger partial charge on any atom is -0.351 e. The molecule has 0 bridgehead atoms.